The van der Waals surface area contributed by atoms with E-state index in [0.29, 0.717) is 19.3 Å². The molecule has 1 amide bonds. The van der Waals surface area contributed by atoms with Gasteiger partial charge in [-0.25, -0.2) is 9.59 Å². The van der Waals surface area contributed by atoms with Crippen LogP contribution < -0.4 is 0 Å². The smallest absolute Gasteiger partial charge is 0.384 e. The van der Waals surface area contributed by atoms with Crippen molar-refractivity contribution in [1.29, 1.82) is 0 Å². The summed E-state index contributed by atoms with van der Waals surface area (Å²) in [4.78, 5) is 34.0. The Morgan fingerprint density at radius 2 is 2.22 bits per heavy atom. The molecule has 1 aliphatic heterocycles. The standard InChI is InChI=1S/C12H15NO5/c1-18-11(15)7-3-5-9-4-2-6-10(12(16)17)13(9)8-14/h8-10H,2,4-6H2,1H3,(H,16,17). The van der Waals surface area contributed by atoms with Gasteiger partial charge in [-0.15, -0.1) is 0 Å². The van der Waals surface area contributed by atoms with Crippen LogP contribution in [-0.2, 0) is 19.1 Å². The van der Waals surface area contributed by atoms with Gasteiger partial charge in [0.05, 0.1) is 7.11 Å². The van der Waals surface area contributed by atoms with Crippen molar-refractivity contribution < 1.29 is 24.2 Å². The fraction of sp³-hybridized carbons (Fsp3) is 0.583. The molecular weight excluding hydrogens is 238 g/mol. The summed E-state index contributed by atoms with van der Waals surface area (Å²) in [6, 6.07) is -1.05. The third kappa shape index (κ3) is 3.48. The first-order chi connectivity index (χ1) is 8.60. The summed E-state index contributed by atoms with van der Waals surface area (Å²) in [5.41, 5.74) is 0. The van der Waals surface area contributed by atoms with E-state index in [1.54, 1.807) is 0 Å². The minimum absolute atomic E-state index is 0.255. The van der Waals surface area contributed by atoms with Crippen LogP contribution in [-0.4, -0.2) is 47.5 Å². The van der Waals surface area contributed by atoms with Gasteiger partial charge in [0.15, 0.2) is 0 Å². The molecule has 1 saturated heterocycles. The summed E-state index contributed by atoms with van der Waals surface area (Å²) in [5, 5.41) is 9.00. The molecule has 98 valence electrons. The highest BCUT2D eigenvalue weighted by Gasteiger charge is 2.33. The lowest BCUT2D eigenvalue weighted by atomic mass is 9.94. The van der Waals surface area contributed by atoms with Gasteiger partial charge >= 0.3 is 11.9 Å². The molecular formula is C12H15NO5. The molecule has 0 aromatic rings. The maximum absolute atomic E-state index is 11.0. The van der Waals surface area contributed by atoms with Gasteiger partial charge in [0.25, 0.3) is 0 Å². The average Bonchev–Trinajstić information content (AvgIpc) is 2.37. The summed E-state index contributed by atoms with van der Waals surface area (Å²) in [6.45, 7) is 0. The van der Waals surface area contributed by atoms with Crippen LogP contribution in [0, 0.1) is 11.8 Å². The predicted octanol–water partition coefficient (Wildman–Crippen LogP) is 0.0170. The molecule has 2 atom stereocenters. The summed E-state index contributed by atoms with van der Waals surface area (Å²) >= 11 is 0. The molecule has 2 unspecified atom stereocenters. The first-order valence-electron chi connectivity index (χ1n) is 5.62. The molecule has 6 heteroatoms. The largest absolute Gasteiger partial charge is 0.480 e. The Balaban J connectivity index is 2.68. The monoisotopic (exact) mass is 253 g/mol. The van der Waals surface area contributed by atoms with E-state index < -0.39 is 18.0 Å². The molecule has 0 saturated carbocycles. The number of aliphatic carboxylic acids is 1. The zero-order valence-electron chi connectivity index (χ0n) is 10.1. The highest BCUT2D eigenvalue weighted by molar-refractivity contribution is 5.88. The van der Waals surface area contributed by atoms with Gasteiger partial charge in [0.1, 0.15) is 6.04 Å². The SMILES string of the molecule is COC(=O)C#CCC1CCCC(C(=O)O)N1C=O. The molecule has 0 aliphatic carbocycles. The number of carboxylic acids is 1. The van der Waals surface area contributed by atoms with Crippen LogP contribution in [0.5, 0.6) is 0 Å². The second kappa shape index (κ2) is 6.64. The van der Waals surface area contributed by atoms with Crippen LogP contribution in [0.4, 0.5) is 0 Å². The van der Waals surface area contributed by atoms with Crippen LogP contribution >= 0.6 is 0 Å². The van der Waals surface area contributed by atoms with Crippen LogP contribution in [0.3, 0.4) is 0 Å². The lowest BCUT2D eigenvalue weighted by molar-refractivity contribution is -0.150. The number of likely N-dealkylation sites (tertiary alicyclic amines) is 1. The van der Waals surface area contributed by atoms with Crippen molar-refractivity contribution in [1.82, 2.24) is 4.90 Å². The Kier molecular flexibility index (Phi) is 5.18. The number of hydrogen-bond acceptors (Lipinski definition) is 4. The Hall–Kier alpha value is -2.03. The molecule has 18 heavy (non-hydrogen) atoms. The molecule has 1 aliphatic rings. The highest BCUT2D eigenvalue weighted by Crippen LogP contribution is 2.23. The second-order valence-corrected chi connectivity index (χ2v) is 3.99. The van der Waals surface area contributed by atoms with Crippen LogP contribution in [0.15, 0.2) is 0 Å². The number of rotatable bonds is 3. The highest BCUT2D eigenvalue weighted by atomic mass is 16.5. The van der Waals surface area contributed by atoms with E-state index in [4.69, 9.17) is 5.11 Å². The van der Waals surface area contributed by atoms with E-state index in [0.717, 1.165) is 6.42 Å². The molecule has 1 rings (SSSR count). The van der Waals surface area contributed by atoms with Gasteiger partial charge < -0.3 is 14.7 Å². The van der Waals surface area contributed by atoms with Gasteiger partial charge in [0, 0.05) is 18.4 Å². The number of piperidine rings is 1. The lowest BCUT2D eigenvalue weighted by Crippen LogP contribution is -2.49. The molecule has 0 aromatic heterocycles. The van der Waals surface area contributed by atoms with Crippen molar-refractivity contribution in [2.45, 2.75) is 37.8 Å². The van der Waals surface area contributed by atoms with Gasteiger partial charge in [-0.05, 0) is 19.3 Å². The Labute approximate surface area is 105 Å². The number of ether oxygens (including phenoxy) is 1. The van der Waals surface area contributed by atoms with Gasteiger partial charge in [-0.2, -0.15) is 0 Å². The van der Waals surface area contributed by atoms with Gasteiger partial charge in [0.2, 0.25) is 6.41 Å². The lowest BCUT2D eigenvalue weighted by Gasteiger charge is -2.36. The average molecular weight is 253 g/mol. The molecule has 1 fully saturated rings. The van der Waals surface area contributed by atoms with E-state index >= 15 is 0 Å². The topological polar surface area (TPSA) is 83.9 Å². The summed E-state index contributed by atoms with van der Waals surface area (Å²) in [5.74, 6) is 3.23. The van der Waals surface area contributed by atoms with Crippen LogP contribution in [0.1, 0.15) is 25.7 Å². The molecule has 0 aromatic carbocycles. The predicted molar refractivity (Wildman–Crippen MR) is 61.4 cm³/mol. The van der Waals surface area contributed by atoms with Crippen molar-refractivity contribution in [3.8, 4) is 11.8 Å². The Morgan fingerprint density at radius 1 is 1.50 bits per heavy atom. The zero-order chi connectivity index (χ0) is 13.5. The van der Waals surface area contributed by atoms with Crippen molar-refractivity contribution in [2.75, 3.05) is 7.11 Å². The minimum Gasteiger partial charge on any atom is -0.480 e. The number of carbonyl (C=O) groups excluding carboxylic acids is 2. The van der Waals surface area contributed by atoms with Crippen molar-refractivity contribution in [3.05, 3.63) is 0 Å². The van der Waals surface area contributed by atoms with E-state index in [2.05, 4.69) is 16.6 Å². The fourth-order valence-electron chi connectivity index (χ4n) is 2.01. The summed E-state index contributed by atoms with van der Waals surface area (Å²) in [6.07, 6.45) is 2.69. The van der Waals surface area contributed by atoms with Crippen molar-refractivity contribution in [3.63, 3.8) is 0 Å². The minimum atomic E-state index is -1.01. The first-order valence-corrected chi connectivity index (χ1v) is 5.62. The molecule has 1 N–H and O–H groups in total. The van der Waals surface area contributed by atoms with Gasteiger partial charge in [-0.3, -0.25) is 4.79 Å². The zero-order valence-corrected chi connectivity index (χ0v) is 10.1. The number of methoxy groups -OCH3 is 1. The van der Waals surface area contributed by atoms with E-state index in [1.165, 1.54) is 12.0 Å². The summed E-state index contributed by atoms with van der Waals surface area (Å²) < 4.78 is 4.36. The number of hydrogen-bond donors (Lipinski definition) is 1. The number of amides is 1. The molecule has 0 radical (unpaired) electrons. The number of carboxylic acid groups (broad SMARTS) is 1. The van der Waals surface area contributed by atoms with E-state index in [9.17, 15) is 14.4 Å². The quantitative estimate of drug-likeness (QED) is 0.332. The third-order valence-electron chi connectivity index (χ3n) is 2.92. The molecule has 1 heterocycles. The van der Waals surface area contributed by atoms with E-state index in [1.807, 2.05) is 0 Å². The van der Waals surface area contributed by atoms with Crippen LogP contribution in [0.2, 0.25) is 0 Å². The van der Waals surface area contributed by atoms with Crippen LogP contribution in [0.25, 0.3) is 0 Å². The fourth-order valence-corrected chi connectivity index (χ4v) is 2.01. The normalized spacial score (nSPS) is 22.6. The Morgan fingerprint density at radius 3 is 2.78 bits per heavy atom. The van der Waals surface area contributed by atoms with Gasteiger partial charge in [-0.1, -0.05) is 5.92 Å². The maximum Gasteiger partial charge on any atom is 0.384 e. The summed E-state index contributed by atoms with van der Waals surface area (Å²) in [7, 11) is 1.23. The second-order valence-electron chi connectivity index (χ2n) is 3.99. The maximum atomic E-state index is 11.0. The third-order valence-corrected chi connectivity index (χ3v) is 2.92. The molecule has 6 nitrogen and oxygen atoms in total. The van der Waals surface area contributed by atoms with Crippen molar-refractivity contribution in [2.24, 2.45) is 0 Å². The number of nitrogens with zero attached hydrogens (tertiary/aromatic N) is 1. The van der Waals surface area contributed by atoms with Crippen molar-refractivity contribution >= 4 is 18.3 Å². The first kappa shape index (κ1) is 14.0. The Bertz CT molecular complexity index is 395. The molecule has 0 bridgehead atoms. The number of carbonyl (C=O) groups is 3. The number of esters is 1. The molecule has 0 spiro atoms. The van der Waals surface area contributed by atoms with E-state index in [-0.39, 0.29) is 12.5 Å².